The molecule has 0 unspecified atom stereocenters. The summed E-state index contributed by atoms with van der Waals surface area (Å²) < 4.78 is 12.4. The minimum atomic E-state index is -0.0888. The summed E-state index contributed by atoms with van der Waals surface area (Å²) in [5.74, 6) is 1.19. The fraction of sp³-hybridized carbons (Fsp3) is 0.100. The molecule has 4 rings (SSSR count). The molecule has 0 atom stereocenters. The van der Waals surface area contributed by atoms with E-state index in [9.17, 15) is 4.79 Å². The SMILES string of the molecule is O=C(/C=C/c1cnn(Cc2ccccc2)c1)c1ccc2c(c1)OCO2. The van der Waals surface area contributed by atoms with Crippen molar-refractivity contribution < 1.29 is 14.3 Å². The summed E-state index contributed by atoms with van der Waals surface area (Å²) >= 11 is 0. The van der Waals surface area contributed by atoms with E-state index in [1.807, 2.05) is 29.1 Å². The van der Waals surface area contributed by atoms with Gasteiger partial charge in [0, 0.05) is 17.3 Å². The Hall–Kier alpha value is -3.34. The first-order chi connectivity index (χ1) is 12.3. The minimum Gasteiger partial charge on any atom is -0.454 e. The van der Waals surface area contributed by atoms with E-state index in [4.69, 9.17) is 9.47 Å². The Labute approximate surface area is 145 Å². The summed E-state index contributed by atoms with van der Waals surface area (Å²) in [5, 5.41) is 4.33. The van der Waals surface area contributed by atoms with Gasteiger partial charge in [0.1, 0.15) is 0 Å². The van der Waals surface area contributed by atoms with Gasteiger partial charge in [0.25, 0.3) is 0 Å². The summed E-state index contributed by atoms with van der Waals surface area (Å²) in [6.07, 6.45) is 6.96. The van der Waals surface area contributed by atoms with Gasteiger partial charge in [-0.2, -0.15) is 5.10 Å². The number of allylic oxidation sites excluding steroid dienone is 1. The maximum atomic E-state index is 12.3. The highest BCUT2D eigenvalue weighted by atomic mass is 16.7. The van der Waals surface area contributed by atoms with Crippen LogP contribution in [0, 0.1) is 0 Å². The average Bonchev–Trinajstić information content (AvgIpc) is 3.29. The number of nitrogens with zero attached hydrogens (tertiary/aromatic N) is 2. The van der Waals surface area contributed by atoms with Crippen molar-refractivity contribution in [2.75, 3.05) is 6.79 Å². The molecule has 0 saturated heterocycles. The van der Waals surface area contributed by atoms with Gasteiger partial charge in [-0.1, -0.05) is 30.3 Å². The van der Waals surface area contributed by atoms with E-state index in [-0.39, 0.29) is 12.6 Å². The molecular weight excluding hydrogens is 316 g/mol. The quantitative estimate of drug-likeness (QED) is 0.529. The Morgan fingerprint density at radius 1 is 1.12 bits per heavy atom. The van der Waals surface area contributed by atoms with E-state index in [1.54, 1.807) is 36.5 Å². The van der Waals surface area contributed by atoms with Gasteiger partial charge < -0.3 is 9.47 Å². The Morgan fingerprint density at radius 2 is 1.96 bits per heavy atom. The Morgan fingerprint density at radius 3 is 2.84 bits per heavy atom. The van der Waals surface area contributed by atoms with Crippen molar-refractivity contribution >= 4 is 11.9 Å². The van der Waals surface area contributed by atoms with Crippen LogP contribution in [-0.4, -0.2) is 22.4 Å². The van der Waals surface area contributed by atoms with Gasteiger partial charge in [-0.25, -0.2) is 0 Å². The van der Waals surface area contributed by atoms with Crippen molar-refractivity contribution in [3.05, 3.63) is 83.7 Å². The molecule has 3 aromatic rings. The predicted octanol–water partition coefficient (Wildman–Crippen LogP) is 3.56. The van der Waals surface area contributed by atoms with Crippen LogP contribution in [0.15, 0.2) is 67.0 Å². The van der Waals surface area contributed by atoms with E-state index >= 15 is 0 Å². The zero-order valence-electron chi connectivity index (χ0n) is 13.5. The molecule has 124 valence electrons. The summed E-state index contributed by atoms with van der Waals surface area (Å²) in [6, 6.07) is 15.3. The van der Waals surface area contributed by atoms with Gasteiger partial charge >= 0.3 is 0 Å². The second-order valence-electron chi connectivity index (χ2n) is 5.72. The zero-order chi connectivity index (χ0) is 17.1. The second kappa shape index (κ2) is 6.65. The smallest absolute Gasteiger partial charge is 0.231 e. The molecular formula is C20H16N2O3. The van der Waals surface area contributed by atoms with E-state index in [2.05, 4.69) is 17.2 Å². The van der Waals surface area contributed by atoms with Gasteiger partial charge in [-0.3, -0.25) is 9.48 Å². The lowest BCUT2D eigenvalue weighted by atomic mass is 10.1. The van der Waals surface area contributed by atoms with Crippen LogP contribution in [0.5, 0.6) is 11.5 Å². The number of aromatic nitrogens is 2. The number of hydrogen-bond acceptors (Lipinski definition) is 4. The molecule has 0 bridgehead atoms. The summed E-state index contributed by atoms with van der Waals surface area (Å²) in [4.78, 5) is 12.3. The van der Waals surface area contributed by atoms with Crippen molar-refractivity contribution in [2.45, 2.75) is 6.54 Å². The number of ether oxygens (including phenoxy) is 2. The van der Waals surface area contributed by atoms with Crippen LogP contribution in [0.1, 0.15) is 21.5 Å². The maximum absolute atomic E-state index is 12.3. The third kappa shape index (κ3) is 3.45. The molecule has 5 heteroatoms. The summed E-state index contributed by atoms with van der Waals surface area (Å²) in [5.41, 5.74) is 2.62. The number of rotatable bonds is 5. The van der Waals surface area contributed by atoms with Crippen LogP contribution >= 0.6 is 0 Å². The van der Waals surface area contributed by atoms with Crippen molar-refractivity contribution in [1.29, 1.82) is 0 Å². The third-order valence-corrected chi connectivity index (χ3v) is 3.92. The first-order valence-electron chi connectivity index (χ1n) is 7.96. The van der Waals surface area contributed by atoms with E-state index in [0.717, 1.165) is 5.56 Å². The van der Waals surface area contributed by atoms with Crippen LogP contribution in [0.2, 0.25) is 0 Å². The van der Waals surface area contributed by atoms with Gasteiger partial charge in [0.15, 0.2) is 17.3 Å². The van der Waals surface area contributed by atoms with E-state index in [1.165, 1.54) is 5.56 Å². The molecule has 0 aliphatic carbocycles. The van der Waals surface area contributed by atoms with E-state index < -0.39 is 0 Å². The van der Waals surface area contributed by atoms with Crippen molar-refractivity contribution in [3.63, 3.8) is 0 Å². The van der Waals surface area contributed by atoms with Gasteiger partial charge in [-0.05, 0) is 35.9 Å². The Bertz CT molecular complexity index is 929. The number of ketones is 1. The van der Waals surface area contributed by atoms with Crippen LogP contribution in [0.25, 0.3) is 6.08 Å². The van der Waals surface area contributed by atoms with Crippen LogP contribution in [-0.2, 0) is 6.54 Å². The van der Waals surface area contributed by atoms with Crippen LogP contribution in [0.4, 0.5) is 0 Å². The molecule has 1 aromatic heterocycles. The lowest BCUT2D eigenvalue weighted by molar-refractivity contribution is 0.104. The van der Waals surface area contributed by atoms with Crippen LogP contribution in [0.3, 0.4) is 0 Å². The molecule has 1 aliphatic rings. The minimum absolute atomic E-state index is 0.0888. The molecule has 0 amide bonds. The topological polar surface area (TPSA) is 53.4 Å². The fourth-order valence-electron chi connectivity index (χ4n) is 2.64. The molecule has 0 radical (unpaired) electrons. The standard InChI is InChI=1S/C20H16N2O3/c23-18(17-7-9-19-20(10-17)25-14-24-19)8-6-16-11-21-22(13-16)12-15-4-2-1-3-5-15/h1-11,13H,12,14H2/b8-6+. The number of carbonyl (C=O) groups is 1. The van der Waals surface area contributed by atoms with Crippen molar-refractivity contribution in [2.24, 2.45) is 0 Å². The molecule has 1 aliphatic heterocycles. The lowest BCUT2D eigenvalue weighted by Gasteiger charge is -2.00. The van der Waals surface area contributed by atoms with Crippen molar-refractivity contribution in [3.8, 4) is 11.5 Å². The second-order valence-corrected chi connectivity index (χ2v) is 5.72. The maximum Gasteiger partial charge on any atom is 0.231 e. The van der Waals surface area contributed by atoms with Crippen LogP contribution < -0.4 is 9.47 Å². The fourth-order valence-corrected chi connectivity index (χ4v) is 2.64. The number of hydrogen-bond donors (Lipinski definition) is 0. The first-order valence-corrected chi connectivity index (χ1v) is 7.96. The van der Waals surface area contributed by atoms with Gasteiger partial charge in [0.2, 0.25) is 6.79 Å². The highest BCUT2D eigenvalue weighted by molar-refractivity contribution is 6.07. The third-order valence-electron chi connectivity index (χ3n) is 3.92. The molecule has 0 N–H and O–H groups in total. The number of benzene rings is 2. The van der Waals surface area contributed by atoms with Gasteiger partial charge in [-0.15, -0.1) is 0 Å². The van der Waals surface area contributed by atoms with Gasteiger partial charge in [0.05, 0.1) is 12.7 Å². The molecule has 2 aromatic carbocycles. The highest BCUT2D eigenvalue weighted by Crippen LogP contribution is 2.32. The molecule has 0 spiro atoms. The molecule has 0 saturated carbocycles. The Balaban J connectivity index is 1.44. The van der Waals surface area contributed by atoms with Crippen molar-refractivity contribution in [1.82, 2.24) is 9.78 Å². The first kappa shape index (κ1) is 15.2. The number of carbonyl (C=O) groups excluding carboxylic acids is 1. The largest absolute Gasteiger partial charge is 0.454 e. The molecule has 2 heterocycles. The summed E-state index contributed by atoms with van der Waals surface area (Å²) in [7, 11) is 0. The average molecular weight is 332 g/mol. The van der Waals surface area contributed by atoms with E-state index in [0.29, 0.717) is 23.6 Å². The predicted molar refractivity (Wildman–Crippen MR) is 93.7 cm³/mol. The molecule has 25 heavy (non-hydrogen) atoms. The Kier molecular flexibility index (Phi) is 4.04. The normalized spacial score (nSPS) is 12.6. The molecule has 5 nitrogen and oxygen atoms in total. The summed E-state index contributed by atoms with van der Waals surface area (Å²) in [6.45, 7) is 0.897. The molecule has 0 fully saturated rings. The zero-order valence-corrected chi connectivity index (χ0v) is 13.5. The lowest BCUT2D eigenvalue weighted by Crippen LogP contribution is -1.99. The highest BCUT2D eigenvalue weighted by Gasteiger charge is 2.15. The monoisotopic (exact) mass is 332 g/mol. The number of fused-ring (bicyclic) bond motifs is 1.